The molecule has 4 N–H and O–H groups in total. The van der Waals surface area contributed by atoms with E-state index in [1.165, 1.54) is 19.2 Å². The van der Waals surface area contributed by atoms with Crippen LogP contribution in [0.3, 0.4) is 0 Å². The number of hydrogen-bond donors (Lipinski definition) is 3. The van der Waals surface area contributed by atoms with Crippen molar-refractivity contribution in [2.45, 2.75) is 33.0 Å². The molecular weight excluding hydrogens is 372 g/mol. The number of carbonyl (C=O) groups is 2. The Morgan fingerprint density at radius 3 is 2.38 bits per heavy atom. The van der Waals surface area contributed by atoms with Crippen molar-refractivity contribution in [3.63, 3.8) is 0 Å². The predicted octanol–water partition coefficient (Wildman–Crippen LogP) is 1.43. The minimum Gasteiger partial charge on any atom is -0.493 e. The van der Waals surface area contributed by atoms with Crippen molar-refractivity contribution in [3.05, 3.63) is 23.8 Å². The van der Waals surface area contributed by atoms with Crippen molar-refractivity contribution in [1.82, 2.24) is 10.6 Å². The summed E-state index contributed by atoms with van der Waals surface area (Å²) in [5, 5.41) is 5.00. The van der Waals surface area contributed by atoms with Crippen LogP contribution in [0, 0.1) is 5.92 Å². The highest BCUT2D eigenvalue weighted by atomic mass is 35.5. The van der Waals surface area contributed by atoms with Crippen LogP contribution in [0.15, 0.2) is 18.2 Å². The maximum absolute atomic E-state index is 12.4. The van der Waals surface area contributed by atoms with E-state index in [9.17, 15) is 18.4 Å². The van der Waals surface area contributed by atoms with Crippen molar-refractivity contribution >= 4 is 24.2 Å². The number of alkyl halides is 2. The zero-order valence-corrected chi connectivity index (χ0v) is 15.6. The van der Waals surface area contributed by atoms with E-state index in [4.69, 9.17) is 10.5 Å². The molecule has 0 radical (unpaired) electrons. The number of halogens is 3. The number of benzene rings is 1. The Bertz CT molecular complexity index is 603. The van der Waals surface area contributed by atoms with Gasteiger partial charge in [-0.15, -0.1) is 12.4 Å². The van der Waals surface area contributed by atoms with Crippen molar-refractivity contribution in [2.24, 2.45) is 11.7 Å². The predicted molar refractivity (Wildman–Crippen MR) is 94.5 cm³/mol. The summed E-state index contributed by atoms with van der Waals surface area (Å²) in [5.74, 6) is -0.861. The number of hydrogen-bond acceptors (Lipinski definition) is 5. The van der Waals surface area contributed by atoms with Gasteiger partial charge in [-0.05, 0) is 23.6 Å². The van der Waals surface area contributed by atoms with Gasteiger partial charge in [0.1, 0.15) is 0 Å². The third kappa shape index (κ3) is 7.83. The first-order valence-corrected chi connectivity index (χ1v) is 7.66. The number of nitrogens with two attached hydrogens (primary N) is 1. The van der Waals surface area contributed by atoms with Crippen molar-refractivity contribution in [2.75, 3.05) is 13.7 Å². The SMILES string of the molecule is COc1ccc(CNC(=O)CNC(=O)[C@@H](N)C(C)C)cc1OC(F)F.Cl. The molecule has 10 heteroatoms. The third-order valence-corrected chi connectivity index (χ3v) is 3.38. The molecule has 0 bridgehead atoms. The smallest absolute Gasteiger partial charge is 0.387 e. The maximum atomic E-state index is 12.4. The number of nitrogens with one attached hydrogen (secondary N) is 2. The van der Waals surface area contributed by atoms with E-state index in [1.54, 1.807) is 19.9 Å². The Labute approximate surface area is 157 Å². The lowest BCUT2D eigenvalue weighted by Crippen LogP contribution is -2.47. The molecule has 2 amide bonds. The highest BCUT2D eigenvalue weighted by Gasteiger charge is 2.17. The summed E-state index contributed by atoms with van der Waals surface area (Å²) in [4.78, 5) is 23.4. The Kier molecular flexibility index (Phi) is 10.5. The van der Waals surface area contributed by atoms with Gasteiger partial charge in [0.25, 0.3) is 0 Å². The van der Waals surface area contributed by atoms with Gasteiger partial charge in [0.2, 0.25) is 11.8 Å². The second kappa shape index (κ2) is 11.5. The molecule has 0 heterocycles. The van der Waals surface area contributed by atoms with Gasteiger partial charge >= 0.3 is 6.61 Å². The summed E-state index contributed by atoms with van der Waals surface area (Å²) in [6.07, 6.45) is 0. The largest absolute Gasteiger partial charge is 0.493 e. The zero-order chi connectivity index (χ0) is 19.0. The quantitative estimate of drug-likeness (QED) is 0.587. The molecule has 1 atom stereocenters. The Morgan fingerprint density at radius 2 is 1.85 bits per heavy atom. The van der Waals surface area contributed by atoms with E-state index < -0.39 is 24.5 Å². The molecule has 0 aromatic heterocycles. The number of rotatable bonds is 9. The van der Waals surface area contributed by atoms with E-state index in [0.29, 0.717) is 5.56 Å². The second-order valence-electron chi connectivity index (χ2n) is 5.63. The molecule has 0 fully saturated rings. The van der Waals surface area contributed by atoms with Gasteiger partial charge < -0.3 is 25.8 Å². The highest BCUT2D eigenvalue weighted by molar-refractivity contribution is 5.87. The summed E-state index contributed by atoms with van der Waals surface area (Å²) in [7, 11) is 1.33. The van der Waals surface area contributed by atoms with Crippen LogP contribution < -0.4 is 25.8 Å². The fraction of sp³-hybridized carbons (Fsp3) is 0.500. The third-order valence-electron chi connectivity index (χ3n) is 3.38. The molecule has 1 aromatic rings. The van der Waals surface area contributed by atoms with Crippen LogP contribution in [0.5, 0.6) is 11.5 Å². The molecule has 1 rings (SSSR count). The first kappa shape index (κ1) is 23.9. The first-order valence-electron chi connectivity index (χ1n) is 7.66. The summed E-state index contributed by atoms with van der Waals surface area (Å²) in [6.45, 7) is 0.462. The fourth-order valence-corrected chi connectivity index (χ4v) is 1.87. The maximum Gasteiger partial charge on any atom is 0.387 e. The Morgan fingerprint density at radius 1 is 1.19 bits per heavy atom. The topological polar surface area (TPSA) is 103 Å². The minimum atomic E-state index is -2.99. The van der Waals surface area contributed by atoms with Crippen molar-refractivity contribution in [3.8, 4) is 11.5 Å². The lowest BCUT2D eigenvalue weighted by molar-refractivity contribution is -0.127. The number of methoxy groups -OCH3 is 1. The van der Waals surface area contributed by atoms with Crippen LogP contribution in [0.2, 0.25) is 0 Å². The fourth-order valence-electron chi connectivity index (χ4n) is 1.87. The summed E-state index contributed by atoms with van der Waals surface area (Å²) >= 11 is 0. The summed E-state index contributed by atoms with van der Waals surface area (Å²) in [6, 6.07) is 3.72. The Hall–Kier alpha value is -2.13. The van der Waals surface area contributed by atoms with E-state index >= 15 is 0 Å². The molecule has 0 saturated carbocycles. The molecular formula is C16H24ClF2N3O4. The van der Waals surface area contributed by atoms with E-state index in [1.807, 2.05) is 0 Å². The monoisotopic (exact) mass is 395 g/mol. The van der Waals surface area contributed by atoms with Gasteiger partial charge in [0.15, 0.2) is 11.5 Å². The molecule has 0 aliphatic rings. The van der Waals surface area contributed by atoms with Gasteiger partial charge in [0, 0.05) is 6.54 Å². The van der Waals surface area contributed by atoms with Gasteiger partial charge in [-0.1, -0.05) is 19.9 Å². The molecule has 0 unspecified atom stereocenters. The lowest BCUT2D eigenvalue weighted by Gasteiger charge is -2.15. The summed E-state index contributed by atoms with van der Waals surface area (Å²) < 4.78 is 34.1. The molecule has 7 nitrogen and oxygen atoms in total. The van der Waals surface area contributed by atoms with Crippen LogP contribution in [-0.4, -0.2) is 38.1 Å². The molecule has 1 aromatic carbocycles. The van der Waals surface area contributed by atoms with Gasteiger partial charge in [0.05, 0.1) is 19.7 Å². The number of ether oxygens (including phenoxy) is 2. The average molecular weight is 396 g/mol. The lowest BCUT2D eigenvalue weighted by atomic mass is 10.1. The average Bonchev–Trinajstić information content (AvgIpc) is 2.56. The van der Waals surface area contributed by atoms with Crippen LogP contribution in [0.4, 0.5) is 8.78 Å². The van der Waals surface area contributed by atoms with E-state index in [-0.39, 0.29) is 42.9 Å². The summed E-state index contributed by atoms with van der Waals surface area (Å²) in [5.41, 5.74) is 6.20. The Balaban J connectivity index is 0.00000625. The normalized spacial score (nSPS) is 11.5. The molecule has 0 aliphatic heterocycles. The molecule has 0 saturated heterocycles. The van der Waals surface area contributed by atoms with Crippen molar-refractivity contribution in [1.29, 1.82) is 0 Å². The number of amides is 2. The van der Waals surface area contributed by atoms with Gasteiger partial charge in [-0.2, -0.15) is 8.78 Å². The van der Waals surface area contributed by atoms with Gasteiger partial charge in [-0.3, -0.25) is 9.59 Å². The van der Waals surface area contributed by atoms with Crippen LogP contribution in [0.25, 0.3) is 0 Å². The first-order chi connectivity index (χ1) is 11.7. The van der Waals surface area contributed by atoms with Crippen LogP contribution >= 0.6 is 12.4 Å². The van der Waals surface area contributed by atoms with Crippen LogP contribution in [0.1, 0.15) is 19.4 Å². The second-order valence-corrected chi connectivity index (χ2v) is 5.63. The minimum absolute atomic E-state index is 0. The molecule has 148 valence electrons. The molecule has 26 heavy (non-hydrogen) atoms. The van der Waals surface area contributed by atoms with Crippen molar-refractivity contribution < 1.29 is 27.8 Å². The van der Waals surface area contributed by atoms with E-state index in [2.05, 4.69) is 15.4 Å². The molecule has 0 spiro atoms. The molecule has 0 aliphatic carbocycles. The number of carbonyl (C=O) groups excluding carboxylic acids is 2. The van der Waals surface area contributed by atoms with E-state index in [0.717, 1.165) is 0 Å². The van der Waals surface area contributed by atoms with Gasteiger partial charge in [-0.25, -0.2) is 0 Å². The highest BCUT2D eigenvalue weighted by Crippen LogP contribution is 2.29. The standard InChI is InChI=1S/C16H23F2N3O4.ClH/c1-9(2)14(19)15(23)21-8-13(22)20-7-10-4-5-11(24-3)12(6-10)25-16(17)18;/h4-6,9,14,16H,7-8,19H2,1-3H3,(H,20,22)(H,21,23);1H/t14-;/m0./s1. The zero-order valence-electron chi connectivity index (χ0n) is 14.8. The van der Waals surface area contributed by atoms with Crippen LogP contribution in [-0.2, 0) is 16.1 Å².